The molecular weight excluding hydrogens is 782 g/mol. The van der Waals surface area contributed by atoms with Gasteiger partial charge >= 0.3 is 5.97 Å². The molecule has 9 amide bonds. The minimum absolute atomic E-state index is 0.0512. The number of unbranched alkanes of at least 4 members (excludes halogenated alkanes) is 1. The second-order valence-corrected chi connectivity index (χ2v) is 14.4. The van der Waals surface area contributed by atoms with Gasteiger partial charge in [0, 0.05) is 6.54 Å². The Hall–Kier alpha value is -5.46. The fourth-order valence-corrected chi connectivity index (χ4v) is 5.72. The highest BCUT2D eigenvalue weighted by molar-refractivity contribution is 5.96. The Balaban J connectivity index is 2.68. The van der Waals surface area contributed by atoms with Gasteiger partial charge in [0.15, 0.2) is 0 Å². The zero-order valence-corrected chi connectivity index (χ0v) is 33.8. The predicted molar refractivity (Wildman–Crippen MR) is 207 cm³/mol. The molecule has 334 valence electrons. The van der Waals surface area contributed by atoms with E-state index in [1.807, 2.05) is 0 Å². The average molecular weight is 844 g/mol. The Bertz CT molecular complexity index is 1490. The zero-order valence-electron chi connectivity index (χ0n) is 33.8. The standard InChI is InChI=1S/C35H61N11O13/c1-18(2)12-22(35(58)59)43-26(50)13-39-31(54)23(17-47)44-27(51)15-41-33(56)29(20(4)48)45-28(52)16-38-30(53)21(8-5-6-10-36)42-25(49)14-40-32(55)24-9-7-11-46(24)34(57)19(3)37/h18-24,29,47-48H,5-17,36-37H2,1-4H3,(H,38,53)(H,39,54)(H,40,55)(H,41,56)(H,42,49)(H,43,50)(H,44,51)(H,45,52)(H,58,59)/t19-,20+,21-,22-,23-,24-,29-/m0/s1. The lowest BCUT2D eigenvalue weighted by Gasteiger charge is -2.25. The Kier molecular flexibility index (Phi) is 23.2. The lowest BCUT2D eigenvalue weighted by atomic mass is 10.0. The number of likely N-dealkylation sites (tertiary alicyclic amines) is 1. The number of carboxylic acids is 1. The molecule has 24 nitrogen and oxygen atoms in total. The third-order valence-electron chi connectivity index (χ3n) is 8.78. The van der Waals surface area contributed by atoms with Crippen molar-refractivity contribution in [2.45, 2.75) is 109 Å². The zero-order chi connectivity index (χ0) is 44.8. The summed E-state index contributed by atoms with van der Waals surface area (Å²) >= 11 is 0. The molecule has 7 atom stereocenters. The SMILES string of the molecule is CC(C)C[C@H](NC(=O)CNC(=O)[C@H](CO)NC(=O)CNC(=O)[C@@H](NC(=O)CNC(=O)[C@H](CCCCN)NC(=O)CNC(=O)[C@@H]1CCCN1C(=O)[C@H](C)N)[C@@H](C)O)C(=O)O. The number of aliphatic carboxylic acids is 1. The first-order chi connectivity index (χ1) is 27.7. The monoisotopic (exact) mass is 843 g/mol. The average Bonchev–Trinajstić information content (AvgIpc) is 3.67. The number of nitrogens with zero attached hydrogens (tertiary/aromatic N) is 1. The van der Waals surface area contributed by atoms with E-state index in [0.717, 1.165) is 6.92 Å². The van der Waals surface area contributed by atoms with Crippen LogP contribution in [-0.2, 0) is 47.9 Å². The Morgan fingerprint density at radius 3 is 1.68 bits per heavy atom. The number of aliphatic hydroxyl groups excluding tert-OH is 2. The first-order valence-electron chi connectivity index (χ1n) is 19.3. The highest BCUT2D eigenvalue weighted by Gasteiger charge is 2.35. The molecule has 1 rings (SSSR count). The summed E-state index contributed by atoms with van der Waals surface area (Å²) < 4.78 is 0. The van der Waals surface area contributed by atoms with Gasteiger partial charge in [0.05, 0.1) is 44.9 Å². The maximum atomic E-state index is 13.0. The van der Waals surface area contributed by atoms with E-state index in [1.54, 1.807) is 13.8 Å². The number of carbonyl (C=O) groups is 10. The van der Waals surface area contributed by atoms with Crippen molar-refractivity contribution in [2.75, 3.05) is 45.9 Å². The lowest BCUT2D eigenvalue weighted by Crippen LogP contribution is -2.57. The summed E-state index contributed by atoms with van der Waals surface area (Å²) in [5.74, 6) is -8.57. The molecule has 0 radical (unpaired) electrons. The minimum atomic E-state index is -1.63. The van der Waals surface area contributed by atoms with Crippen LogP contribution in [0.4, 0.5) is 0 Å². The molecule has 24 heteroatoms. The Labute approximate surface area is 341 Å². The number of rotatable bonds is 26. The van der Waals surface area contributed by atoms with Crippen LogP contribution in [0, 0.1) is 5.92 Å². The molecule has 0 bridgehead atoms. The molecule has 0 aliphatic carbocycles. The van der Waals surface area contributed by atoms with Crippen LogP contribution in [0.15, 0.2) is 0 Å². The maximum absolute atomic E-state index is 13.0. The van der Waals surface area contributed by atoms with Crippen molar-refractivity contribution >= 4 is 59.1 Å². The van der Waals surface area contributed by atoms with Crippen molar-refractivity contribution in [3.05, 3.63) is 0 Å². The van der Waals surface area contributed by atoms with Crippen LogP contribution in [0.3, 0.4) is 0 Å². The Morgan fingerprint density at radius 1 is 0.695 bits per heavy atom. The van der Waals surface area contributed by atoms with Crippen LogP contribution in [0.5, 0.6) is 0 Å². The van der Waals surface area contributed by atoms with Crippen LogP contribution in [0.2, 0.25) is 0 Å². The Morgan fingerprint density at radius 2 is 1.19 bits per heavy atom. The van der Waals surface area contributed by atoms with E-state index in [9.17, 15) is 63.3 Å². The van der Waals surface area contributed by atoms with E-state index in [-0.39, 0.29) is 18.8 Å². The summed E-state index contributed by atoms with van der Waals surface area (Å²) in [4.78, 5) is 126. The van der Waals surface area contributed by atoms with Crippen molar-refractivity contribution in [3.8, 4) is 0 Å². The molecule has 0 aromatic carbocycles. The molecule has 59 heavy (non-hydrogen) atoms. The van der Waals surface area contributed by atoms with Crippen molar-refractivity contribution in [3.63, 3.8) is 0 Å². The number of carbonyl (C=O) groups excluding carboxylic acids is 9. The molecule has 15 N–H and O–H groups in total. The highest BCUT2D eigenvalue weighted by Crippen LogP contribution is 2.18. The third kappa shape index (κ3) is 19.2. The smallest absolute Gasteiger partial charge is 0.326 e. The van der Waals surface area contributed by atoms with Crippen molar-refractivity contribution in [1.29, 1.82) is 0 Å². The van der Waals surface area contributed by atoms with Gasteiger partial charge in [-0.2, -0.15) is 0 Å². The number of nitrogens with one attached hydrogen (secondary N) is 8. The minimum Gasteiger partial charge on any atom is -0.480 e. The van der Waals surface area contributed by atoms with Gasteiger partial charge in [-0.25, -0.2) is 4.79 Å². The summed E-state index contributed by atoms with van der Waals surface area (Å²) in [6.45, 7) is 3.24. The van der Waals surface area contributed by atoms with Crippen LogP contribution < -0.4 is 54.0 Å². The summed E-state index contributed by atoms with van der Waals surface area (Å²) in [6, 6.07) is -7.16. The van der Waals surface area contributed by atoms with Crippen LogP contribution >= 0.6 is 0 Å². The summed E-state index contributed by atoms with van der Waals surface area (Å²) in [5.41, 5.74) is 11.2. The molecule has 0 unspecified atom stereocenters. The van der Waals surface area contributed by atoms with Crippen LogP contribution in [0.1, 0.15) is 66.2 Å². The maximum Gasteiger partial charge on any atom is 0.326 e. The third-order valence-corrected chi connectivity index (χ3v) is 8.78. The molecule has 1 heterocycles. The van der Waals surface area contributed by atoms with Crippen LogP contribution in [0.25, 0.3) is 0 Å². The second-order valence-electron chi connectivity index (χ2n) is 14.4. The molecule has 0 spiro atoms. The molecule has 0 aromatic heterocycles. The highest BCUT2D eigenvalue weighted by atomic mass is 16.4. The molecule has 1 aliphatic rings. The number of hydrogen-bond donors (Lipinski definition) is 13. The van der Waals surface area contributed by atoms with Gasteiger partial charge in [0.2, 0.25) is 53.2 Å². The first kappa shape index (κ1) is 51.6. The number of amides is 9. The number of nitrogens with two attached hydrogens (primary N) is 2. The fourth-order valence-electron chi connectivity index (χ4n) is 5.72. The van der Waals surface area contributed by atoms with Gasteiger partial charge in [-0.1, -0.05) is 13.8 Å². The number of hydrogen-bond acceptors (Lipinski definition) is 14. The summed E-state index contributed by atoms with van der Waals surface area (Å²) in [5, 5.41) is 47.3. The van der Waals surface area contributed by atoms with Gasteiger partial charge in [0.25, 0.3) is 0 Å². The molecule has 0 aromatic rings. The van der Waals surface area contributed by atoms with Gasteiger partial charge in [-0.3, -0.25) is 43.2 Å². The normalized spacial score (nSPS) is 16.6. The van der Waals surface area contributed by atoms with Crippen molar-refractivity contribution in [2.24, 2.45) is 17.4 Å². The summed E-state index contributed by atoms with van der Waals surface area (Å²) in [6.07, 6.45) is 0.634. The molecule has 0 saturated carbocycles. The van der Waals surface area contributed by atoms with Gasteiger partial charge < -0.3 is 74.2 Å². The van der Waals surface area contributed by atoms with E-state index in [0.29, 0.717) is 38.8 Å². The van der Waals surface area contributed by atoms with Crippen molar-refractivity contribution < 1.29 is 63.3 Å². The molecule has 1 saturated heterocycles. The van der Waals surface area contributed by atoms with E-state index < -0.39 is 134 Å². The molecular formula is C35H61N11O13. The second kappa shape index (κ2) is 26.5. The predicted octanol–water partition coefficient (Wildman–Crippen LogP) is -6.64. The van der Waals surface area contributed by atoms with Gasteiger partial charge in [-0.15, -0.1) is 0 Å². The van der Waals surface area contributed by atoms with E-state index in [2.05, 4.69) is 42.5 Å². The fraction of sp³-hybridized carbons (Fsp3) is 0.714. The molecule has 1 aliphatic heterocycles. The molecule has 1 fully saturated rings. The largest absolute Gasteiger partial charge is 0.480 e. The van der Waals surface area contributed by atoms with E-state index in [1.165, 1.54) is 11.8 Å². The number of carboxylic acid groups (broad SMARTS) is 1. The van der Waals surface area contributed by atoms with Gasteiger partial charge in [0.1, 0.15) is 30.2 Å². The quantitative estimate of drug-likeness (QED) is 0.0360. The van der Waals surface area contributed by atoms with E-state index >= 15 is 0 Å². The lowest BCUT2D eigenvalue weighted by molar-refractivity contribution is -0.142. The van der Waals surface area contributed by atoms with Crippen molar-refractivity contribution in [1.82, 2.24) is 47.4 Å². The van der Waals surface area contributed by atoms with Gasteiger partial charge in [-0.05, 0) is 64.8 Å². The van der Waals surface area contributed by atoms with E-state index in [4.69, 9.17) is 11.5 Å². The topological polar surface area (TPSA) is 383 Å². The summed E-state index contributed by atoms with van der Waals surface area (Å²) in [7, 11) is 0. The van der Waals surface area contributed by atoms with Crippen LogP contribution in [-0.4, -0.2) is 168 Å². The first-order valence-corrected chi connectivity index (χ1v) is 19.3. The number of aliphatic hydroxyl groups is 2.